The second kappa shape index (κ2) is 7.81. The number of nitro benzene ring substituents is 1. The van der Waals surface area contributed by atoms with Crippen LogP contribution in [0.25, 0.3) is 17.4 Å². The number of carbonyl (C=O) groups excluding carboxylic acids is 1. The third kappa shape index (κ3) is 3.53. The number of benzene rings is 2. The molecule has 0 bridgehead atoms. The van der Waals surface area contributed by atoms with Crippen molar-refractivity contribution in [2.75, 3.05) is 11.7 Å². The molecule has 1 fully saturated rings. The minimum Gasteiger partial charge on any atom is -0.457 e. The summed E-state index contributed by atoms with van der Waals surface area (Å²) in [6.45, 7) is 1.82. The lowest BCUT2D eigenvalue weighted by atomic mass is 10.1. The van der Waals surface area contributed by atoms with Crippen LogP contribution in [0.4, 0.5) is 11.4 Å². The third-order valence-corrected chi connectivity index (χ3v) is 6.30. The van der Waals surface area contributed by atoms with E-state index in [0.29, 0.717) is 49.1 Å². The Morgan fingerprint density at radius 3 is 2.75 bits per heavy atom. The zero-order valence-electron chi connectivity index (χ0n) is 16.6. The first-order valence-corrected chi connectivity index (χ1v) is 10.7. The smallest absolute Gasteiger partial charge is 0.273 e. The van der Waals surface area contributed by atoms with Gasteiger partial charge in [-0.2, -0.15) is 0 Å². The summed E-state index contributed by atoms with van der Waals surface area (Å²) in [6.07, 6.45) is 1.61. The molecular weight excluding hydrogens is 452 g/mol. The number of anilines is 1. The maximum absolute atomic E-state index is 13.0. The standard InChI is InChI=1S/C22H14N2O6S2/c1-12-2-3-13(8-16(12)24(26)27)17-7-5-15(30-17)10-20-21(25)23(22(31)32-20)14-4-6-18-19(9-14)29-11-28-18/h2-10H,11H2,1H3/b20-10+. The molecule has 1 aromatic heterocycles. The van der Waals surface area contributed by atoms with Crippen molar-refractivity contribution in [3.63, 3.8) is 0 Å². The van der Waals surface area contributed by atoms with Crippen LogP contribution in [0, 0.1) is 17.0 Å². The predicted molar refractivity (Wildman–Crippen MR) is 124 cm³/mol. The monoisotopic (exact) mass is 466 g/mol. The molecule has 2 aliphatic heterocycles. The van der Waals surface area contributed by atoms with Crippen LogP contribution in [-0.2, 0) is 4.79 Å². The van der Waals surface area contributed by atoms with Crippen molar-refractivity contribution in [2.45, 2.75) is 6.92 Å². The van der Waals surface area contributed by atoms with Gasteiger partial charge in [0, 0.05) is 29.3 Å². The van der Waals surface area contributed by atoms with Crippen LogP contribution in [0.5, 0.6) is 11.5 Å². The van der Waals surface area contributed by atoms with E-state index in [1.54, 1.807) is 55.5 Å². The fourth-order valence-electron chi connectivity index (χ4n) is 3.39. The maximum atomic E-state index is 13.0. The SMILES string of the molecule is Cc1ccc(-c2ccc(/C=C3/SC(=S)N(c4ccc5c(c4)OCO5)C3=O)o2)cc1[N+](=O)[O-]. The highest BCUT2D eigenvalue weighted by Crippen LogP contribution is 2.41. The number of thiocarbonyl (C=S) groups is 1. The van der Waals surface area contributed by atoms with Crippen LogP contribution in [0.3, 0.4) is 0 Å². The van der Waals surface area contributed by atoms with Crippen molar-refractivity contribution >= 4 is 51.7 Å². The lowest BCUT2D eigenvalue weighted by Gasteiger charge is -2.14. The molecule has 1 amide bonds. The van der Waals surface area contributed by atoms with E-state index in [1.807, 2.05) is 0 Å². The number of carbonyl (C=O) groups is 1. The van der Waals surface area contributed by atoms with E-state index < -0.39 is 4.92 Å². The first-order chi connectivity index (χ1) is 15.4. The van der Waals surface area contributed by atoms with E-state index in [1.165, 1.54) is 22.7 Å². The van der Waals surface area contributed by atoms with E-state index in [-0.39, 0.29) is 18.4 Å². The number of furan rings is 1. The number of aryl methyl sites for hydroxylation is 1. The number of thioether (sulfide) groups is 1. The molecular formula is C22H14N2O6S2. The summed E-state index contributed by atoms with van der Waals surface area (Å²) in [6, 6.07) is 13.5. The van der Waals surface area contributed by atoms with Gasteiger partial charge in [-0.15, -0.1) is 0 Å². The molecule has 5 rings (SSSR count). The van der Waals surface area contributed by atoms with Crippen molar-refractivity contribution in [2.24, 2.45) is 0 Å². The van der Waals surface area contributed by atoms with Crippen molar-refractivity contribution in [1.29, 1.82) is 0 Å². The topological polar surface area (TPSA) is 95.1 Å². The number of hydrogen-bond acceptors (Lipinski definition) is 8. The van der Waals surface area contributed by atoms with Gasteiger partial charge in [0.2, 0.25) is 6.79 Å². The molecule has 3 heterocycles. The molecule has 8 nitrogen and oxygen atoms in total. The van der Waals surface area contributed by atoms with Gasteiger partial charge in [0.05, 0.1) is 15.5 Å². The minimum absolute atomic E-state index is 0.0186. The van der Waals surface area contributed by atoms with Gasteiger partial charge >= 0.3 is 0 Å². The van der Waals surface area contributed by atoms with Crippen LogP contribution < -0.4 is 14.4 Å². The van der Waals surface area contributed by atoms with Gasteiger partial charge in [0.15, 0.2) is 15.8 Å². The first-order valence-electron chi connectivity index (χ1n) is 9.43. The molecule has 0 radical (unpaired) electrons. The van der Waals surface area contributed by atoms with Gasteiger partial charge in [-0.05, 0) is 31.2 Å². The molecule has 3 aromatic rings. The van der Waals surface area contributed by atoms with E-state index >= 15 is 0 Å². The maximum Gasteiger partial charge on any atom is 0.273 e. The Bertz CT molecular complexity index is 1330. The number of amides is 1. The summed E-state index contributed by atoms with van der Waals surface area (Å²) in [4.78, 5) is 25.6. The molecule has 32 heavy (non-hydrogen) atoms. The Kier molecular flexibility index (Phi) is 4.95. The zero-order chi connectivity index (χ0) is 22.4. The van der Waals surface area contributed by atoms with E-state index in [0.717, 1.165) is 0 Å². The van der Waals surface area contributed by atoms with Gasteiger partial charge in [-0.3, -0.25) is 19.8 Å². The number of ether oxygens (including phenoxy) is 2. The molecule has 0 saturated carbocycles. The number of nitro groups is 1. The lowest BCUT2D eigenvalue weighted by molar-refractivity contribution is -0.385. The van der Waals surface area contributed by atoms with Gasteiger partial charge in [-0.1, -0.05) is 36.1 Å². The Morgan fingerprint density at radius 2 is 1.94 bits per heavy atom. The van der Waals surface area contributed by atoms with Crippen LogP contribution in [0.1, 0.15) is 11.3 Å². The zero-order valence-corrected chi connectivity index (χ0v) is 18.2. The second-order valence-electron chi connectivity index (χ2n) is 7.02. The average molecular weight is 466 g/mol. The van der Waals surface area contributed by atoms with Crippen LogP contribution >= 0.6 is 24.0 Å². The quantitative estimate of drug-likeness (QED) is 0.221. The van der Waals surface area contributed by atoms with Crippen LogP contribution in [0.15, 0.2) is 57.9 Å². The molecule has 0 N–H and O–H groups in total. The van der Waals surface area contributed by atoms with E-state index in [4.69, 9.17) is 26.1 Å². The largest absolute Gasteiger partial charge is 0.457 e. The highest BCUT2D eigenvalue weighted by atomic mass is 32.2. The molecule has 10 heteroatoms. The number of nitrogens with zero attached hydrogens (tertiary/aromatic N) is 2. The fourth-order valence-corrected chi connectivity index (χ4v) is 4.67. The van der Waals surface area contributed by atoms with E-state index in [2.05, 4.69) is 0 Å². The second-order valence-corrected chi connectivity index (χ2v) is 8.69. The predicted octanol–water partition coefficient (Wildman–Crippen LogP) is 5.30. The Balaban J connectivity index is 1.41. The number of hydrogen-bond donors (Lipinski definition) is 0. The molecule has 160 valence electrons. The number of fused-ring (bicyclic) bond motifs is 1. The molecule has 0 aliphatic carbocycles. The first kappa shape index (κ1) is 20.3. The van der Waals surface area contributed by atoms with Crippen molar-refractivity contribution in [3.05, 3.63) is 74.9 Å². The van der Waals surface area contributed by atoms with Crippen molar-refractivity contribution < 1.29 is 23.6 Å². The molecule has 1 saturated heterocycles. The Hall–Kier alpha value is -3.63. The summed E-state index contributed by atoms with van der Waals surface area (Å²) in [7, 11) is 0. The summed E-state index contributed by atoms with van der Waals surface area (Å²) in [5.41, 5.74) is 1.75. The molecule has 0 atom stereocenters. The molecule has 0 spiro atoms. The lowest BCUT2D eigenvalue weighted by Crippen LogP contribution is -2.27. The van der Waals surface area contributed by atoms with Crippen molar-refractivity contribution in [3.8, 4) is 22.8 Å². The Labute approximate surface area is 191 Å². The van der Waals surface area contributed by atoms with Crippen molar-refractivity contribution in [1.82, 2.24) is 0 Å². The summed E-state index contributed by atoms with van der Waals surface area (Å²) >= 11 is 6.58. The van der Waals surface area contributed by atoms with Crippen LogP contribution in [-0.4, -0.2) is 21.9 Å². The normalized spacial score (nSPS) is 16.3. The molecule has 0 unspecified atom stereocenters. The molecule has 2 aliphatic rings. The van der Waals surface area contributed by atoms with Gasteiger partial charge in [0.25, 0.3) is 11.6 Å². The summed E-state index contributed by atoms with van der Waals surface area (Å²) in [5, 5.41) is 11.2. The Morgan fingerprint density at radius 1 is 1.12 bits per heavy atom. The van der Waals surface area contributed by atoms with Gasteiger partial charge in [-0.25, -0.2) is 0 Å². The highest BCUT2D eigenvalue weighted by molar-refractivity contribution is 8.27. The fraction of sp³-hybridized carbons (Fsp3) is 0.0909. The highest BCUT2D eigenvalue weighted by Gasteiger charge is 2.34. The molecule has 2 aromatic carbocycles. The third-order valence-electron chi connectivity index (χ3n) is 5.00. The minimum atomic E-state index is -0.426. The average Bonchev–Trinajstić information content (AvgIpc) is 3.48. The van der Waals surface area contributed by atoms with E-state index in [9.17, 15) is 14.9 Å². The summed E-state index contributed by atoms with van der Waals surface area (Å²) in [5.74, 6) is 1.81. The number of rotatable bonds is 4. The van der Waals surface area contributed by atoms with Gasteiger partial charge in [0.1, 0.15) is 11.5 Å². The van der Waals surface area contributed by atoms with Gasteiger partial charge < -0.3 is 13.9 Å². The van der Waals surface area contributed by atoms with Crippen LogP contribution in [0.2, 0.25) is 0 Å². The summed E-state index contributed by atoms with van der Waals surface area (Å²) < 4.78 is 16.9.